The third-order valence-electron chi connectivity index (χ3n) is 3.55. The van der Waals surface area contributed by atoms with Gasteiger partial charge in [-0.15, -0.1) is 0 Å². The van der Waals surface area contributed by atoms with E-state index in [2.05, 4.69) is 10.6 Å². The molecule has 1 saturated heterocycles. The van der Waals surface area contributed by atoms with Crippen LogP contribution in [0.25, 0.3) is 0 Å². The van der Waals surface area contributed by atoms with Crippen LogP contribution < -0.4 is 10.6 Å². The molecule has 0 spiro atoms. The van der Waals surface area contributed by atoms with Crippen molar-refractivity contribution in [3.63, 3.8) is 0 Å². The minimum atomic E-state index is -4.60. The summed E-state index contributed by atoms with van der Waals surface area (Å²) >= 11 is 0. The molecule has 0 saturated carbocycles. The van der Waals surface area contributed by atoms with E-state index >= 15 is 0 Å². The standard InChI is InChI=1S/C14H16F4N2O/c15-12-2-1-10(14(16,17)18)7-11(12)13(21)20-8-9-3-5-19-6-4-9/h1-2,7,9,19H,3-6,8H2,(H,20,21). The van der Waals surface area contributed by atoms with Crippen LogP contribution in [0.2, 0.25) is 0 Å². The molecule has 0 bridgehead atoms. The maximum absolute atomic E-state index is 13.5. The van der Waals surface area contributed by atoms with Crippen molar-refractivity contribution < 1.29 is 22.4 Å². The Bertz CT molecular complexity index is 510. The molecule has 21 heavy (non-hydrogen) atoms. The maximum Gasteiger partial charge on any atom is 0.416 e. The summed E-state index contributed by atoms with van der Waals surface area (Å²) in [5.41, 5.74) is -1.60. The highest BCUT2D eigenvalue weighted by atomic mass is 19.4. The van der Waals surface area contributed by atoms with Crippen LogP contribution in [0.5, 0.6) is 0 Å². The lowest BCUT2D eigenvalue weighted by Gasteiger charge is -2.22. The molecule has 0 aromatic heterocycles. The van der Waals surface area contributed by atoms with Crippen LogP contribution in [0.4, 0.5) is 17.6 Å². The Balaban J connectivity index is 2.04. The summed E-state index contributed by atoms with van der Waals surface area (Å²) < 4.78 is 51.3. The first-order chi connectivity index (χ1) is 9.88. The zero-order chi connectivity index (χ0) is 15.5. The topological polar surface area (TPSA) is 41.1 Å². The minimum Gasteiger partial charge on any atom is -0.352 e. The van der Waals surface area contributed by atoms with Gasteiger partial charge in [0.15, 0.2) is 0 Å². The first-order valence-corrected chi connectivity index (χ1v) is 6.73. The molecule has 1 fully saturated rings. The predicted molar refractivity (Wildman–Crippen MR) is 69.3 cm³/mol. The highest BCUT2D eigenvalue weighted by Crippen LogP contribution is 2.30. The first kappa shape index (κ1) is 15.8. The van der Waals surface area contributed by atoms with Crippen LogP contribution in [-0.4, -0.2) is 25.5 Å². The molecule has 1 amide bonds. The Morgan fingerprint density at radius 3 is 2.57 bits per heavy atom. The zero-order valence-corrected chi connectivity index (χ0v) is 11.3. The maximum atomic E-state index is 13.5. The molecule has 1 aromatic carbocycles. The number of benzene rings is 1. The van der Waals surface area contributed by atoms with Gasteiger partial charge in [0.2, 0.25) is 0 Å². The number of amides is 1. The lowest BCUT2D eigenvalue weighted by molar-refractivity contribution is -0.137. The van der Waals surface area contributed by atoms with E-state index in [4.69, 9.17) is 0 Å². The number of rotatable bonds is 3. The normalized spacial score (nSPS) is 16.8. The second kappa shape index (κ2) is 6.43. The molecule has 2 rings (SSSR count). The van der Waals surface area contributed by atoms with E-state index in [0.29, 0.717) is 24.7 Å². The molecule has 0 radical (unpaired) electrons. The Morgan fingerprint density at radius 2 is 1.95 bits per heavy atom. The molecule has 7 heteroatoms. The fourth-order valence-corrected chi connectivity index (χ4v) is 2.29. The van der Waals surface area contributed by atoms with Crippen molar-refractivity contribution in [1.82, 2.24) is 10.6 Å². The minimum absolute atomic E-state index is 0.268. The lowest BCUT2D eigenvalue weighted by atomic mass is 9.98. The van der Waals surface area contributed by atoms with Gasteiger partial charge in [-0.1, -0.05) is 0 Å². The van der Waals surface area contributed by atoms with Crippen molar-refractivity contribution in [2.75, 3.05) is 19.6 Å². The fraction of sp³-hybridized carbons (Fsp3) is 0.500. The SMILES string of the molecule is O=C(NCC1CCNCC1)c1cc(C(F)(F)F)ccc1F. The van der Waals surface area contributed by atoms with Crippen molar-refractivity contribution >= 4 is 5.91 Å². The monoisotopic (exact) mass is 304 g/mol. The number of carbonyl (C=O) groups excluding carboxylic acids is 1. The summed E-state index contributed by atoms with van der Waals surface area (Å²) in [6.07, 6.45) is -2.84. The smallest absolute Gasteiger partial charge is 0.352 e. The van der Waals surface area contributed by atoms with Crippen molar-refractivity contribution in [3.05, 3.63) is 35.1 Å². The molecule has 0 atom stereocenters. The van der Waals surface area contributed by atoms with Crippen molar-refractivity contribution in [2.45, 2.75) is 19.0 Å². The Morgan fingerprint density at radius 1 is 1.29 bits per heavy atom. The van der Waals surface area contributed by atoms with Gasteiger partial charge < -0.3 is 10.6 Å². The fourth-order valence-electron chi connectivity index (χ4n) is 2.29. The van der Waals surface area contributed by atoms with E-state index in [1.807, 2.05) is 0 Å². The highest BCUT2D eigenvalue weighted by Gasteiger charge is 2.32. The van der Waals surface area contributed by atoms with Crippen LogP contribution in [0, 0.1) is 11.7 Å². The van der Waals surface area contributed by atoms with E-state index < -0.39 is 29.0 Å². The average molecular weight is 304 g/mol. The molecule has 2 N–H and O–H groups in total. The van der Waals surface area contributed by atoms with E-state index in [1.54, 1.807) is 0 Å². The largest absolute Gasteiger partial charge is 0.416 e. The molecule has 1 aliphatic heterocycles. The van der Waals surface area contributed by atoms with E-state index in [1.165, 1.54) is 0 Å². The summed E-state index contributed by atoms with van der Waals surface area (Å²) in [4.78, 5) is 11.9. The third kappa shape index (κ3) is 4.17. The summed E-state index contributed by atoms with van der Waals surface area (Å²) in [5, 5.41) is 5.68. The number of hydrogen-bond acceptors (Lipinski definition) is 2. The molecule has 1 heterocycles. The Kier molecular flexibility index (Phi) is 4.82. The Hall–Kier alpha value is -1.63. The number of halogens is 4. The zero-order valence-electron chi connectivity index (χ0n) is 11.3. The Labute approximate surface area is 119 Å². The average Bonchev–Trinajstić information content (AvgIpc) is 2.45. The van der Waals surface area contributed by atoms with Crippen LogP contribution in [0.15, 0.2) is 18.2 Å². The predicted octanol–water partition coefficient (Wildman–Crippen LogP) is 2.57. The van der Waals surface area contributed by atoms with E-state index in [9.17, 15) is 22.4 Å². The first-order valence-electron chi connectivity index (χ1n) is 6.73. The van der Waals surface area contributed by atoms with Crippen LogP contribution in [0.3, 0.4) is 0 Å². The molecular weight excluding hydrogens is 288 g/mol. The van der Waals surface area contributed by atoms with E-state index in [-0.39, 0.29) is 5.92 Å². The van der Waals surface area contributed by atoms with Gasteiger partial charge in [0.05, 0.1) is 11.1 Å². The summed E-state index contributed by atoms with van der Waals surface area (Å²) in [6.45, 7) is 2.03. The van der Waals surface area contributed by atoms with Crippen molar-refractivity contribution in [2.24, 2.45) is 5.92 Å². The van der Waals surface area contributed by atoms with E-state index in [0.717, 1.165) is 25.9 Å². The molecule has 0 unspecified atom stereocenters. The number of piperidine rings is 1. The van der Waals surface area contributed by atoms with Gasteiger partial charge in [-0.05, 0) is 50.0 Å². The van der Waals surface area contributed by atoms with Gasteiger partial charge in [-0.3, -0.25) is 4.79 Å². The second-order valence-corrected chi connectivity index (χ2v) is 5.10. The quantitative estimate of drug-likeness (QED) is 0.843. The molecule has 1 aromatic rings. The van der Waals surface area contributed by atoms with Crippen molar-refractivity contribution in [1.29, 1.82) is 0 Å². The third-order valence-corrected chi connectivity index (χ3v) is 3.55. The molecule has 0 aliphatic carbocycles. The number of hydrogen-bond donors (Lipinski definition) is 2. The van der Waals surface area contributed by atoms with Gasteiger partial charge >= 0.3 is 6.18 Å². The van der Waals surface area contributed by atoms with Gasteiger partial charge in [0.25, 0.3) is 5.91 Å². The van der Waals surface area contributed by atoms with Gasteiger partial charge in [0.1, 0.15) is 5.82 Å². The van der Waals surface area contributed by atoms with Crippen LogP contribution in [0.1, 0.15) is 28.8 Å². The van der Waals surface area contributed by atoms with Gasteiger partial charge in [0, 0.05) is 6.54 Å². The molecule has 116 valence electrons. The van der Waals surface area contributed by atoms with Crippen LogP contribution in [-0.2, 0) is 6.18 Å². The molecular formula is C14H16F4N2O. The number of alkyl halides is 3. The molecule has 3 nitrogen and oxygen atoms in total. The summed E-state index contributed by atoms with van der Waals surface area (Å²) in [7, 11) is 0. The molecule has 1 aliphatic rings. The number of nitrogens with one attached hydrogen (secondary N) is 2. The summed E-state index contributed by atoms with van der Waals surface area (Å²) in [5.74, 6) is -1.49. The number of carbonyl (C=O) groups is 1. The summed E-state index contributed by atoms with van der Waals surface area (Å²) in [6, 6.07) is 1.84. The van der Waals surface area contributed by atoms with Gasteiger partial charge in [-0.2, -0.15) is 13.2 Å². The van der Waals surface area contributed by atoms with Crippen molar-refractivity contribution in [3.8, 4) is 0 Å². The lowest BCUT2D eigenvalue weighted by Crippen LogP contribution is -2.36. The highest BCUT2D eigenvalue weighted by molar-refractivity contribution is 5.94. The van der Waals surface area contributed by atoms with Crippen LogP contribution >= 0.6 is 0 Å². The second-order valence-electron chi connectivity index (χ2n) is 5.10. The van der Waals surface area contributed by atoms with Gasteiger partial charge in [-0.25, -0.2) is 4.39 Å².